The van der Waals surface area contributed by atoms with Crippen LogP contribution in [-0.4, -0.2) is 31.1 Å². The number of likely N-dealkylation sites (tertiary alicyclic amines) is 1. The second-order valence-corrected chi connectivity index (χ2v) is 7.02. The van der Waals surface area contributed by atoms with Crippen LogP contribution in [0.2, 0.25) is 0 Å². The Kier molecular flexibility index (Phi) is 5.22. The van der Waals surface area contributed by atoms with Crippen molar-refractivity contribution in [2.24, 2.45) is 5.41 Å². The molecule has 1 atom stereocenters. The Morgan fingerprint density at radius 2 is 1.95 bits per heavy atom. The van der Waals surface area contributed by atoms with Crippen LogP contribution in [0.4, 0.5) is 0 Å². The second-order valence-electron chi connectivity index (χ2n) is 7.02. The lowest BCUT2D eigenvalue weighted by Gasteiger charge is -2.39. The fourth-order valence-electron chi connectivity index (χ4n) is 3.29. The average Bonchev–Trinajstić information content (AvgIpc) is 2.38. The predicted molar refractivity (Wildman–Crippen MR) is 87.1 cm³/mol. The van der Waals surface area contributed by atoms with Crippen LogP contribution in [0.5, 0.6) is 0 Å². The Morgan fingerprint density at radius 3 is 2.55 bits per heavy atom. The molecule has 1 aromatic rings. The third-order valence-corrected chi connectivity index (χ3v) is 4.35. The SMILES string of the molecule is CCNC(CN1CCCC(C)(C)C1)c1ccc(C)cc1. The normalized spacial score (nSPS) is 20.8. The minimum Gasteiger partial charge on any atom is -0.309 e. The highest BCUT2D eigenvalue weighted by Gasteiger charge is 2.27. The highest BCUT2D eigenvalue weighted by molar-refractivity contribution is 5.24. The lowest BCUT2D eigenvalue weighted by Crippen LogP contribution is -2.44. The molecule has 1 aliphatic heterocycles. The summed E-state index contributed by atoms with van der Waals surface area (Å²) in [5.41, 5.74) is 3.23. The third kappa shape index (κ3) is 4.32. The maximum atomic E-state index is 3.65. The molecule has 2 rings (SSSR count). The van der Waals surface area contributed by atoms with E-state index in [2.05, 4.69) is 62.2 Å². The molecule has 1 aliphatic rings. The maximum absolute atomic E-state index is 3.65. The molecule has 0 aliphatic carbocycles. The number of benzene rings is 1. The van der Waals surface area contributed by atoms with Gasteiger partial charge in [-0.1, -0.05) is 50.6 Å². The van der Waals surface area contributed by atoms with E-state index < -0.39 is 0 Å². The van der Waals surface area contributed by atoms with Crippen LogP contribution in [-0.2, 0) is 0 Å². The van der Waals surface area contributed by atoms with Gasteiger partial charge < -0.3 is 10.2 Å². The quantitative estimate of drug-likeness (QED) is 0.879. The van der Waals surface area contributed by atoms with Crippen molar-refractivity contribution in [1.29, 1.82) is 0 Å². The Morgan fingerprint density at radius 1 is 1.25 bits per heavy atom. The highest BCUT2D eigenvalue weighted by atomic mass is 15.2. The van der Waals surface area contributed by atoms with Gasteiger partial charge in [-0.2, -0.15) is 0 Å². The molecule has 1 heterocycles. The summed E-state index contributed by atoms with van der Waals surface area (Å²) in [5.74, 6) is 0. The van der Waals surface area contributed by atoms with Gasteiger partial charge in [0.2, 0.25) is 0 Å². The van der Waals surface area contributed by atoms with E-state index in [1.165, 1.54) is 37.1 Å². The van der Waals surface area contributed by atoms with E-state index in [1.807, 2.05) is 0 Å². The van der Waals surface area contributed by atoms with Crippen LogP contribution in [0, 0.1) is 12.3 Å². The molecule has 1 saturated heterocycles. The van der Waals surface area contributed by atoms with Crippen LogP contribution < -0.4 is 5.32 Å². The van der Waals surface area contributed by atoms with Gasteiger partial charge in [-0.05, 0) is 43.8 Å². The number of nitrogens with one attached hydrogen (secondary N) is 1. The Hall–Kier alpha value is -0.860. The number of hydrogen-bond acceptors (Lipinski definition) is 2. The fourth-order valence-corrected chi connectivity index (χ4v) is 3.29. The van der Waals surface area contributed by atoms with E-state index in [0.717, 1.165) is 13.1 Å². The van der Waals surface area contributed by atoms with Crippen molar-refractivity contribution in [3.05, 3.63) is 35.4 Å². The maximum Gasteiger partial charge on any atom is 0.0449 e. The van der Waals surface area contributed by atoms with Gasteiger partial charge in [-0.15, -0.1) is 0 Å². The molecule has 112 valence electrons. The molecule has 1 aromatic carbocycles. The molecule has 0 amide bonds. The van der Waals surface area contributed by atoms with Crippen LogP contribution in [0.25, 0.3) is 0 Å². The molecule has 0 saturated carbocycles. The smallest absolute Gasteiger partial charge is 0.0449 e. The van der Waals surface area contributed by atoms with E-state index >= 15 is 0 Å². The number of nitrogens with zero attached hydrogens (tertiary/aromatic N) is 1. The molecular formula is C18H30N2. The van der Waals surface area contributed by atoms with Crippen LogP contribution in [0.1, 0.15) is 50.8 Å². The predicted octanol–water partition coefficient (Wildman–Crippen LogP) is 3.77. The van der Waals surface area contributed by atoms with Crippen molar-refractivity contribution < 1.29 is 0 Å². The molecule has 0 radical (unpaired) electrons. The van der Waals surface area contributed by atoms with Gasteiger partial charge in [0.25, 0.3) is 0 Å². The van der Waals surface area contributed by atoms with Gasteiger partial charge in [0.05, 0.1) is 0 Å². The van der Waals surface area contributed by atoms with Crippen molar-refractivity contribution in [3.8, 4) is 0 Å². The molecule has 0 aromatic heterocycles. The molecule has 2 heteroatoms. The van der Waals surface area contributed by atoms with E-state index in [4.69, 9.17) is 0 Å². The van der Waals surface area contributed by atoms with Crippen molar-refractivity contribution in [1.82, 2.24) is 10.2 Å². The van der Waals surface area contributed by atoms with Crippen molar-refractivity contribution in [3.63, 3.8) is 0 Å². The van der Waals surface area contributed by atoms with E-state index in [0.29, 0.717) is 11.5 Å². The molecule has 1 N–H and O–H groups in total. The first-order valence-corrected chi connectivity index (χ1v) is 8.02. The molecule has 2 nitrogen and oxygen atoms in total. The van der Waals surface area contributed by atoms with Gasteiger partial charge in [0.15, 0.2) is 0 Å². The van der Waals surface area contributed by atoms with E-state index in [9.17, 15) is 0 Å². The van der Waals surface area contributed by atoms with Gasteiger partial charge in [0.1, 0.15) is 0 Å². The number of aryl methyl sites for hydroxylation is 1. The first-order chi connectivity index (χ1) is 9.50. The lowest BCUT2D eigenvalue weighted by molar-refractivity contribution is 0.108. The topological polar surface area (TPSA) is 15.3 Å². The number of rotatable bonds is 5. The highest BCUT2D eigenvalue weighted by Crippen LogP contribution is 2.29. The molecular weight excluding hydrogens is 244 g/mol. The first-order valence-electron chi connectivity index (χ1n) is 8.02. The van der Waals surface area contributed by atoms with E-state index in [-0.39, 0.29) is 0 Å². The number of likely N-dealkylation sites (N-methyl/N-ethyl adjacent to an activating group) is 1. The third-order valence-electron chi connectivity index (χ3n) is 4.35. The molecule has 20 heavy (non-hydrogen) atoms. The summed E-state index contributed by atoms with van der Waals surface area (Å²) in [6.07, 6.45) is 2.69. The summed E-state index contributed by atoms with van der Waals surface area (Å²) >= 11 is 0. The zero-order valence-corrected chi connectivity index (χ0v) is 13.6. The number of hydrogen-bond donors (Lipinski definition) is 1. The first kappa shape index (κ1) is 15.5. The second kappa shape index (κ2) is 6.73. The fraction of sp³-hybridized carbons (Fsp3) is 0.667. The minimum absolute atomic E-state index is 0.453. The van der Waals surface area contributed by atoms with Gasteiger partial charge >= 0.3 is 0 Å². The minimum atomic E-state index is 0.453. The summed E-state index contributed by atoms with van der Waals surface area (Å²) in [6, 6.07) is 9.45. The average molecular weight is 274 g/mol. The standard InChI is InChI=1S/C18H30N2/c1-5-19-17(16-9-7-15(2)8-10-16)13-20-12-6-11-18(3,4)14-20/h7-10,17,19H,5-6,11-14H2,1-4H3. The largest absolute Gasteiger partial charge is 0.309 e. The van der Waals surface area contributed by atoms with E-state index in [1.54, 1.807) is 0 Å². The van der Waals surface area contributed by atoms with Crippen LogP contribution >= 0.6 is 0 Å². The van der Waals surface area contributed by atoms with Crippen molar-refractivity contribution in [2.45, 2.75) is 46.6 Å². The number of piperidine rings is 1. The zero-order chi connectivity index (χ0) is 14.6. The summed E-state index contributed by atoms with van der Waals surface area (Å²) in [5, 5.41) is 3.65. The Bertz CT molecular complexity index is 408. The Labute approximate surface area is 124 Å². The summed E-state index contributed by atoms with van der Waals surface area (Å²) in [4.78, 5) is 2.64. The molecule has 1 fully saturated rings. The molecule has 0 bridgehead atoms. The zero-order valence-electron chi connectivity index (χ0n) is 13.6. The summed E-state index contributed by atoms with van der Waals surface area (Å²) < 4.78 is 0. The van der Waals surface area contributed by atoms with Crippen molar-refractivity contribution in [2.75, 3.05) is 26.2 Å². The monoisotopic (exact) mass is 274 g/mol. The van der Waals surface area contributed by atoms with Gasteiger partial charge in [-0.3, -0.25) is 0 Å². The van der Waals surface area contributed by atoms with Gasteiger partial charge in [0, 0.05) is 19.1 Å². The van der Waals surface area contributed by atoms with Crippen LogP contribution in [0.3, 0.4) is 0 Å². The van der Waals surface area contributed by atoms with Crippen LogP contribution in [0.15, 0.2) is 24.3 Å². The molecule has 0 spiro atoms. The van der Waals surface area contributed by atoms with Crippen molar-refractivity contribution >= 4 is 0 Å². The molecule has 1 unspecified atom stereocenters. The van der Waals surface area contributed by atoms with Gasteiger partial charge in [-0.25, -0.2) is 0 Å². The summed E-state index contributed by atoms with van der Waals surface area (Å²) in [7, 11) is 0. The lowest BCUT2D eigenvalue weighted by atomic mass is 9.84. The Balaban J connectivity index is 2.03. The summed E-state index contributed by atoms with van der Waals surface area (Å²) in [6.45, 7) is 13.8.